The van der Waals surface area contributed by atoms with E-state index in [1.54, 1.807) is 0 Å². The zero-order valence-corrected chi connectivity index (χ0v) is 15.8. The van der Waals surface area contributed by atoms with Crippen LogP contribution in [0.4, 0.5) is 0 Å². The van der Waals surface area contributed by atoms with Crippen LogP contribution < -0.4 is 5.73 Å². The molecule has 2 bridgehead atoms. The van der Waals surface area contributed by atoms with Crippen molar-refractivity contribution in [2.24, 2.45) is 23.5 Å². The van der Waals surface area contributed by atoms with Gasteiger partial charge in [0.15, 0.2) is 0 Å². The molecule has 1 aromatic rings. The van der Waals surface area contributed by atoms with Crippen LogP contribution >= 0.6 is 12.4 Å². The molecule has 2 N–H and O–H groups in total. The molecule has 1 aromatic carbocycles. The summed E-state index contributed by atoms with van der Waals surface area (Å²) >= 11 is 0. The van der Waals surface area contributed by atoms with Crippen molar-refractivity contribution in [2.45, 2.75) is 44.6 Å². The van der Waals surface area contributed by atoms with Gasteiger partial charge in [-0.05, 0) is 49.5 Å². The highest BCUT2D eigenvalue weighted by Crippen LogP contribution is 2.42. The van der Waals surface area contributed by atoms with Crippen molar-refractivity contribution in [3.8, 4) is 0 Å². The number of rotatable bonds is 6. The second-order valence-corrected chi connectivity index (χ2v) is 7.51. The van der Waals surface area contributed by atoms with Crippen molar-refractivity contribution < 1.29 is 4.79 Å². The summed E-state index contributed by atoms with van der Waals surface area (Å²) in [7, 11) is 0. The largest absolute Gasteiger partial charge is 0.338 e. The van der Waals surface area contributed by atoms with E-state index in [1.807, 2.05) is 17.0 Å². The first-order valence-electron chi connectivity index (χ1n) is 9.38. The van der Waals surface area contributed by atoms with Crippen LogP contribution in [-0.4, -0.2) is 29.9 Å². The summed E-state index contributed by atoms with van der Waals surface area (Å²) in [6.45, 7) is 5.25. The van der Waals surface area contributed by atoms with Gasteiger partial charge in [-0.15, -0.1) is 19.0 Å². The summed E-state index contributed by atoms with van der Waals surface area (Å²) in [6.07, 6.45) is 8.40. The zero-order chi connectivity index (χ0) is 16.9. The van der Waals surface area contributed by atoms with E-state index in [0.29, 0.717) is 30.3 Å². The van der Waals surface area contributed by atoms with Gasteiger partial charge in [0.25, 0.3) is 0 Å². The molecule has 3 nitrogen and oxygen atoms in total. The highest BCUT2D eigenvalue weighted by molar-refractivity contribution is 5.85. The predicted octanol–water partition coefficient (Wildman–Crippen LogP) is 3.82. The van der Waals surface area contributed by atoms with Crippen molar-refractivity contribution in [2.75, 3.05) is 13.1 Å². The van der Waals surface area contributed by atoms with E-state index >= 15 is 0 Å². The fourth-order valence-electron chi connectivity index (χ4n) is 4.60. The number of amides is 1. The molecular formula is C21H31ClN2O. The van der Waals surface area contributed by atoms with Crippen molar-refractivity contribution >= 4 is 18.3 Å². The molecule has 25 heavy (non-hydrogen) atoms. The van der Waals surface area contributed by atoms with Crippen LogP contribution in [0.25, 0.3) is 0 Å². The molecule has 2 aliphatic rings. The van der Waals surface area contributed by atoms with Crippen LogP contribution in [-0.2, 0) is 11.2 Å². The predicted molar refractivity (Wildman–Crippen MR) is 106 cm³/mol. The minimum absolute atomic E-state index is 0. The molecule has 0 saturated heterocycles. The molecule has 2 saturated carbocycles. The zero-order valence-electron chi connectivity index (χ0n) is 15.0. The Bertz CT molecular complexity index is 548. The van der Waals surface area contributed by atoms with Crippen LogP contribution in [0.3, 0.4) is 0 Å². The van der Waals surface area contributed by atoms with Crippen LogP contribution in [0.15, 0.2) is 43.0 Å². The SMILES string of the molecule is C=CCN(CCc1ccccc1)C(=O)C1CC2CCCC(C1)C2N.Cl. The van der Waals surface area contributed by atoms with E-state index in [2.05, 4.69) is 30.8 Å². The summed E-state index contributed by atoms with van der Waals surface area (Å²) in [5.74, 6) is 1.57. The molecule has 0 radical (unpaired) electrons. The van der Waals surface area contributed by atoms with Gasteiger partial charge in [0.2, 0.25) is 5.91 Å². The van der Waals surface area contributed by atoms with E-state index in [0.717, 1.165) is 25.8 Å². The van der Waals surface area contributed by atoms with E-state index in [4.69, 9.17) is 5.73 Å². The third-order valence-electron chi connectivity index (χ3n) is 5.94. The van der Waals surface area contributed by atoms with Crippen molar-refractivity contribution in [3.63, 3.8) is 0 Å². The lowest BCUT2D eigenvalue weighted by Gasteiger charge is -2.44. The van der Waals surface area contributed by atoms with Crippen LogP contribution in [0.2, 0.25) is 0 Å². The lowest BCUT2D eigenvalue weighted by atomic mass is 9.65. The minimum Gasteiger partial charge on any atom is -0.338 e. The number of carbonyl (C=O) groups excluding carboxylic acids is 1. The van der Waals surface area contributed by atoms with E-state index in [9.17, 15) is 4.79 Å². The summed E-state index contributed by atoms with van der Waals surface area (Å²) in [4.78, 5) is 15.1. The van der Waals surface area contributed by atoms with Gasteiger partial charge in [-0.25, -0.2) is 0 Å². The van der Waals surface area contributed by atoms with Gasteiger partial charge in [-0.2, -0.15) is 0 Å². The standard InChI is InChI=1S/C21H30N2O.ClH/c1-2-12-23(13-11-16-7-4-3-5-8-16)21(24)19-14-17-9-6-10-18(15-19)20(17)22;/h2-5,7-8,17-20H,1,6,9-15,22H2;1H. The number of halogens is 1. The number of carbonyl (C=O) groups is 1. The van der Waals surface area contributed by atoms with Crippen molar-refractivity contribution in [1.82, 2.24) is 4.90 Å². The molecule has 0 spiro atoms. The first-order valence-corrected chi connectivity index (χ1v) is 9.38. The highest BCUT2D eigenvalue weighted by atomic mass is 35.5. The first-order chi connectivity index (χ1) is 11.7. The number of nitrogens with zero attached hydrogens (tertiary/aromatic N) is 1. The van der Waals surface area contributed by atoms with Crippen LogP contribution in [0, 0.1) is 17.8 Å². The van der Waals surface area contributed by atoms with Crippen LogP contribution in [0.1, 0.15) is 37.7 Å². The van der Waals surface area contributed by atoms with Gasteiger partial charge in [0.05, 0.1) is 0 Å². The molecule has 138 valence electrons. The monoisotopic (exact) mass is 362 g/mol. The Morgan fingerprint density at radius 3 is 2.44 bits per heavy atom. The molecule has 3 rings (SSSR count). The average Bonchev–Trinajstić information content (AvgIpc) is 2.59. The molecule has 2 fully saturated rings. The molecule has 0 heterocycles. The van der Waals surface area contributed by atoms with Gasteiger partial charge < -0.3 is 10.6 Å². The number of benzene rings is 1. The molecule has 0 aliphatic heterocycles. The summed E-state index contributed by atoms with van der Waals surface area (Å²) < 4.78 is 0. The molecule has 4 heteroatoms. The summed E-state index contributed by atoms with van der Waals surface area (Å²) in [5.41, 5.74) is 7.65. The minimum atomic E-state index is 0. The second-order valence-electron chi connectivity index (χ2n) is 7.51. The van der Waals surface area contributed by atoms with Gasteiger partial charge >= 0.3 is 0 Å². The van der Waals surface area contributed by atoms with E-state index < -0.39 is 0 Å². The smallest absolute Gasteiger partial charge is 0.225 e. The first kappa shape index (κ1) is 20.0. The fraction of sp³-hybridized carbons (Fsp3) is 0.571. The molecule has 2 unspecified atom stereocenters. The summed E-state index contributed by atoms with van der Waals surface area (Å²) in [6, 6.07) is 10.7. The quantitative estimate of drug-likeness (QED) is 0.782. The topological polar surface area (TPSA) is 46.3 Å². The van der Waals surface area contributed by atoms with Crippen molar-refractivity contribution in [1.29, 1.82) is 0 Å². The fourth-order valence-corrected chi connectivity index (χ4v) is 4.60. The lowest BCUT2D eigenvalue weighted by Crippen LogP contribution is -2.50. The average molecular weight is 363 g/mol. The number of hydrogen-bond acceptors (Lipinski definition) is 2. The Morgan fingerprint density at radius 1 is 1.20 bits per heavy atom. The molecule has 2 aliphatic carbocycles. The third kappa shape index (κ3) is 4.86. The Labute approximate surface area is 158 Å². The maximum absolute atomic E-state index is 13.1. The second kappa shape index (κ2) is 9.40. The van der Waals surface area contributed by atoms with Gasteiger partial charge in [0.1, 0.15) is 0 Å². The molecule has 2 atom stereocenters. The Kier molecular flexibility index (Phi) is 7.52. The lowest BCUT2D eigenvalue weighted by molar-refractivity contribution is -0.138. The van der Waals surface area contributed by atoms with Gasteiger partial charge in [0, 0.05) is 25.0 Å². The van der Waals surface area contributed by atoms with E-state index in [1.165, 1.54) is 24.8 Å². The summed E-state index contributed by atoms with van der Waals surface area (Å²) in [5, 5.41) is 0. The number of fused-ring (bicyclic) bond motifs is 2. The molecular weight excluding hydrogens is 332 g/mol. The normalized spacial score (nSPS) is 27.9. The molecule has 0 aromatic heterocycles. The third-order valence-corrected chi connectivity index (χ3v) is 5.94. The Balaban J connectivity index is 0.00000225. The Morgan fingerprint density at radius 2 is 1.84 bits per heavy atom. The maximum Gasteiger partial charge on any atom is 0.225 e. The van der Waals surface area contributed by atoms with E-state index in [-0.39, 0.29) is 18.3 Å². The molecule has 1 amide bonds. The van der Waals surface area contributed by atoms with Gasteiger partial charge in [-0.1, -0.05) is 42.8 Å². The Hall–Kier alpha value is -1.32. The van der Waals surface area contributed by atoms with Crippen molar-refractivity contribution in [3.05, 3.63) is 48.6 Å². The van der Waals surface area contributed by atoms with Gasteiger partial charge in [-0.3, -0.25) is 4.79 Å². The van der Waals surface area contributed by atoms with Crippen LogP contribution in [0.5, 0.6) is 0 Å². The maximum atomic E-state index is 13.1. The number of hydrogen-bond donors (Lipinski definition) is 1. The highest BCUT2D eigenvalue weighted by Gasteiger charge is 2.41. The number of nitrogens with two attached hydrogens (primary N) is 1.